The summed E-state index contributed by atoms with van der Waals surface area (Å²) < 4.78 is 70.7. The molecule has 1 nitrogen and oxygen atoms in total. The smallest absolute Gasteiger partial charge is 0.207 e. The van der Waals surface area contributed by atoms with Gasteiger partial charge in [0.2, 0.25) is 34.8 Å². The first kappa shape index (κ1) is 14.3. The zero-order valence-corrected chi connectivity index (χ0v) is 10.5. The summed E-state index contributed by atoms with van der Waals surface area (Å²) in [6.07, 6.45) is 0. The average Bonchev–Trinajstić information content (AvgIpc) is 2.41. The summed E-state index contributed by atoms with van der Waals surface area (Å²) in [5.41, 5.74) is 1.38. The van der Waals surface area contributed by atoms with Crippen LogP contribution in [0.4, 0.5) is 22.0 Å². The standard InChI is InChI=1S/C14H9F5O/c1-6-3-4-8(7(2)5-6)20-14-12(18)10(16)9(15)11(17)13(14)19/h3-5H,1-2H3. The van der Waals surface area contributed by atoms with E-state index in [0.29, 0.717) is 5.56 Å². The molecule has 0 aromatic heterocycles. The van der Waals surface area contributed by atoms with E-state index in [1.807, 2.05) is 0 Å². The van der Waals surface area contributed by atoms with Crippen LogP contribution in [0.25, 0.3) is 0 Å². The van der Waals surface area contributed by atoms with Crippen LogP contribution < -0.4 is 4.74 Å². The van der Waals surface area contributed by atoms with Crippen LogP contribution in [0.1, 0.15) is 11.1 Å². The first-order chi connectivity index (χ1) is 9.32. The van der Waals surface area contributed by atoms with Crippen LogP contribution in [0.3, 0.4) is 0 Å². The van der Waals surface area contributed by atoms with Crippen molar-refractivity contribution in [3.8, 4) is 11.5 Å². The molecule has 0 bridgehead atoms. The molecule has 106 valence electrons. The maximum Gasteiger partial charge on any atom is 0.207 e. The molecular formula is C14H9F5O. The van der Waals surface area contributed by atoms with E-state index in [9.17, 15) is 22.0 Å². The average molecular weight is 288 g/mol. The summed E-state index contributed by atoms with van der Waals surface area (Å²) in [4.78, 5) is 0. The molecule has 2 aromatic rings. The third-order valence-corrected chi connectivity index (χ3v) is 2.71. The second kappa shape index (κ2) is 5.11. The van der Waals surface area contributed by atoms with E-state index in [-0.39, 0.29) is 5.75 Å². The SMILES string of the molecule is Cc1ccc(Oc2c(F)c(F)c(F)c(F)c2F)c(C)c1. The normalized spacial score (nSPS) is 10.8. The van der Waals surface area contributed by atoms with Crippen molar-refractivity contribution in [1.82, 2.24) is 0 Å². The largest absolute Gasteiger partial charge is 0.451 e. The van der Waals surface area contributed by atoms with Crippen LogP contribution in [0.15, 0.2) is 18.2 Å². The Morgan fingerprint density at radius 3 is 1.75 bits per heavy atom. The number of hydrogen-bond acceptors (Lipinski definition) is 1. The van der Waals surface area contributed by atoms with E-state index < -0.39 is 34.8 Å². The van der Waals surface area contributed by atoms with Gasteiger partial charge in [-0.2, -0.15) is 8.78 Å². The summed E-state index contributed by atoms with van der Waals surface area (Å²) in [7, 11) is 0. The van der Waals surface area contributed by atoms with Crippen LogP contribution in [0.2, 0.25) is 0 Å². The monoisotopic (exact) mass is 288 g/mol. The van der Waals surface area contributed by atoms with Gasteiger partial charge in [0, 0.05) is 0 Å². The molecule has 0 spiro atoms. The van der Waals surface area contributed by atoms with Gasteiger partial charge in [0.25, 0.3) is 0 Å². The molecule has 0 amide bonds. The number of benzene rings is 2. The van der Waals surface area contributed by atoms with Crippen LogP contribution in [-0.2, 0) is 0 Å². The summed E-state index contributed by atoms with van der Waals surface area (Å²) in [6, 6.07) is 4.64. The van der Waals surface area contributed by atoms with Gasteiger partial charge in [-0.15, -0.1) is 0 Å². The molecule has 6 heteroatoms. The van der Waals surface area contributed by atoms with E-state index >= 15 is 0 Å². The highest BCUT2D eigenvalue weighted by Gasteiger charge is 2.27. The number of aryl methyl sites for hydroxylation is 2. The molecule has 0 aliphatic carbocycles. The quantitative estimate of drug-likeness (QED) is 0.438. The highest BCUT2D eigenvalue weighted by atomic mass is 19.2. The Labute approximate surface area is 111 Å². The Morgan fingerprint density at radius 2 is 1.25 bits per heavy atom. The fourth-order valence-corrected chi connectivity index (χ4v) is 1.70. The fraction of sp³-hybridized carbons (Fsp3) is 0.143. The Balaban J connectivity index is 2.54. The molecule has 0 heterocycles. The molecule has 0 fully saturated rings. The van der Waals surface area contributed by atoms with E-state index in [1.54, 1.807) is 26.0 Å². The third kappa shape index (κ3) is 2.33. The molecule has 0 N–H and O–H groups in total. The lowest BCUT2D eigenvalue weighted by Gasteiger charge is -2.12. The minimum Gasteiger partial charge on any atom is -0.451 e. The summed E-state index contributed by atoms with van der Waals surface area (Å²) in [5, 5.41) is 0. The molecule has 0 unspecified atom stereocenters. The van der Waals surface area contributed by atoms with Crippen LogP contribution in [-0.4, -0.2) is 0 Å². The molecule has 0 radical (unpaired) electrons. The van der Waals surface area contributed by atoms with E-state index in [2.05, 4.69) is 0 Å². The van der Waals surface area contributed by atoms with Gasteiger partial charge in [-0.1, -0.05) is 17.7 Å². The second-order valence-electron chi connectivity index (χ2n) is 4.27. The molecule has 0 saturated heterocycles. The maximum atomic E-state index is 13.5. The Hall–Kier alpha value is -2.11. The number of ether oxygens (including phenoxy) is 1. The molecule has 2 rings (SSSR count). The Morgan fingerprint density at radius 1 is 0.750 bits per heavy atom. The van der Waals surface area contributed by atoms with Gasteiger partial charge in [-0.25, -0.2) is 13.2 Å². The van der Waals surface area contributed by atoms with Crippen LogP contribution >= 0.6 is 0 Å². The van der Waals surface area contributed by atoms with E-state index in [0.717, 1.165) is 5.56 Å². The van der Waals surface area contributed by atoms with Crippen molar-refractivity contribution in [2.24, 2.45) is 0 Å². The Bertz CT molecular complexity index is 653. The van der Waals surface area contributed by atoms with E-state index in [1.165, 1.54) is 6.07 Å². The van der Waals surface area contributed by atoms with Crippen molar-refractivity contribution in [2.45, 2.75) is 13.8 Å². The van der Waals surface area contributed by atoms with Gasteiger partial charge in [-0.05, 0) is 25.5 Å². The van der Waals surface area contributed by atoms with Crippen LogP contribution in [0, 0.1) is 42.9 Å². The van der Waals surface area contributed by atoms with Crippen molar-refractivity contribution in [3.05, 3.63) is 58.4 Å². The highest BCUT2D eigenvalue weighted by Crippen LogP contribution is 2.34. The van der Waals surface area contributed by atoms with Gasteiger partial charge in [-0.3, -0.25) is 0 Å². The second-order valence-corrected chi connectivity index (χ2v) is 4.27. The van der Waals surface area contributed by atoms with Crippen molar-refractivity contribution in [1.29, 1.82) is 0 Å². The predicted octanol–water partition coefficient (Wildman–Crippen LogP) is 4.79. The molecule has 0 aliphatic heterocycles. The van der Waals surface area contributed by atoms with Gasteiger partial charge in [0.1, 0.15) is 5.75 Å². The van der Waals surface area contributed by atoms with Gasteiger partial charge in [0.15, 0.2) is 0 Å². The number of halogens is 5. The lowest BCUT2D eigenvalue weighted by Crippen LogP contribution is -2.04. The zero-order chi connectivity index (χ0) is 15.0. The van der Waals surface area contributed by atoms with Crippen molar-refractivity contribution in [3.63, 3.8) is 0 Å². The summed E-state index contributed by atoms with van der Waals surface area (Å²) >= 11 is 0. The first-order valence-electron chi connectivity index (χ1n) is 5.59. The van der Waals surface area contributed by atoms with Crippen molar-refractivity contribution >= 4 is 0 Å². The minimum absolute atomic E-state index is 0.0128. The lowest BCUT2D eigenvalue weighted by atomic mass is 10.1. The molecule has 0 saturated carbocycles. The molecule has 0 aliphatic rings. The van der Waals surface area contributed by atoms with Gasteiger partial charge in [0.05, 0.1) is 0 Å². The number of hydrogen-bond donors (Lipinski definition) is 0. The maximum absolute atomic E-state index is 13.5. The molecular weight excluding hydrogens is 279 g/mol. The summed E-state index contributed by atoms with van der Waals surface area (Å²) in [6.45, 7) is 3.38. The number of rotatable bonds is 2. The lowest BCUT2D eigenvalue weighted by molar-refractivity contribution is 0.331. The van der Waals surface area contributed by atoms with E-state index in [4.69, 9.17) is 4.74 Å². The first-order valence-corrected chi connectivity index (χ1v) is 5.59. The van der Waals surface area contributed by atoms with Crippen molar-refractivity contribution in [2.75, 3.05) is 0 Å². The predicted molar refractivity (Wildman–Crippen MR) is 62.2 cm³/mol. The third-order valence-electron chi connectivity index (χ3n) is 2.71. The zero-order valence-electron chi connectivity index (χ0n) is 10.5. The molecule has 2 aromatic carbocycles. The summed E-state index contributed by atoms with van der Waals surface area (Å²) in [5.74, 6) is -11.6. The molecule has 20 heavy (non-hydrogen) atoms. The topological polar surface area (TPSA) is 9.23 Å². The van der Waals surface area contributed by atoms with Gasteiger partial charge >= 0.3 is 0 Å². The fourth-order valence-electron chi connectivity index (χ4n) is 1.70. The Kier molecular flexibility index (Phi) is 3.65. The molecule has 0 atom stereocenters. The van der Waals surface area contributed by atoms with Gasteiger partial charge < -0.3 is 4.74 Å². The van der Waals surface area contributed by atoms with Crippen LogP contribution in [0.5, 0.6) is 11.5 Å². The minimum atomic E-state index is -2.21. The highest BCUT2D eigenvalue weighted by molar-refractivity contribution is 5.40. The van der Waals surface area contributed by atoms with Crippen molar-refractivity contribution < 1.29 is 26.7 Å².